The second kappa shape index (κ2) is 8.12. The summed E-state index contributed by atoms with van der Waals surface area (Å²) in [7, 11) is 1.27. The molecule has 27 heavy (non-hydrogen) atoms. The summed E-state index contributed by atoms with van der Waals surface area (Å²) in [6.45, 7) is 0. The standard InChI is InChI=1S/C21H19F2NO3/c1-27-21(26)19(17-4-2-3-5-18(17)23)14-8-11-16(12-14)24-20(25)13-6-9-15(22)10-7-13/h2-11,14,16,19H,12H2,1H3,(H,24,25)/t14-,16+,19-/m0/s1. The Bertz CT molecular complexity index is 864. The molecule has 2 aromatic carbocycles. The van der Waals surface area contributed by atoms with Gasteiger partial charge >= 0.3 is 5.97 Å². The van der Waals surface area contributed by atoms with Gasteiger partial charge in [-0.25, -0.2) is 8.78 Å². The highest BCUT2D eigenvalue weighted by Crippen LogP contribution is 2.35. The van der Waals surface area contributed by atoms with Crippen molar-refractivity contribution in [2.75, 3.05) is 7.11 Å². The molecule has 3 rings (SSSR count). The van der Waals surface area contributed by atoms with Gasteiger partial charge in [0.1, 0.15) is 11.6 Å². The molecule has 0 spiro atoms. The lowest BCUT2D eigenvalue weighted by molar-refractivity contribution is -0.143. The first-order chi connectivity index (χ1) is 13.0. The maximum Gasteiger partial charge on any atom is 0.313 e. The Kier molecular flexibility index (Phi) is 5.64. The third-order valence-corrected chi connectivity index (χ3v) is 4.66. The summed E-state index contributed by atoms with van der Waals surface area (Å²) in [6.07, 6.45) is 4.01. The number of allylic oxidation sites excluding steroid dienone is 1. The predicted molar refractivity (Wildman–Crippen MR) is 96.1 cm³/mol. The number of nitrogens with one attached hydrogen (secondary N) is 1. The zero-order chi connectivity index (χ0) is 19.4. The number of ether oxygens (including phenoxy) is 1. The molecule has 0 saturated heterocycles. The first kappa shape index (κ1) is 18.8. The summed E-state index contributed by atoms with van der Waals surface area (Å²) in [6, 6.07) is 11.0. The smallest absolute Gasteiger partial charge is 0.313 e. The van der Waals surface area contributed by atoms with Crippen molar-refractivity contribution in [1.82, 2.24) is 5.32 Å². The summed E-state index contributed by atoms with van der Waals surface area (Å²) in [5.41, 5.74) is 0.608. The molecule has 1 N–H and O–H groups in total. The van der Waals surface area contributed by atoms with E-state index in [1.165, 1.54) is 37.4 Å². The van der Waals surface area contributed by atoms with E-state index < -0.39 is 23.5 Å². The molecule has 0 radical (unpaired) electrons. The average molecular weight is 371 g/mol. The minimum absolute atomic E-state index is 0.268. The van der Waals surface area contributed by atoms with Crippen molar-refractivity contribution in [3.8, 4) is 0 Å². The molecular formula is C21H19F2NO3. The normalized spacial score (nSPS) is 19.5. The van der Waals surface area contributed by atoms with Crippen molar-refractivity contribution < 1.29 is 23.1 Å². The van der Waals surface area contributed by atoms with Crippen molar-refractivity contribution >= 4 is 11.9 Å². The van der Waals surface area contributed by atoms with Crippen LogP contribution >= 0.6 is 0 Å². The maximum absolute atomic E-state index is 14.2. The Labute approximate surface area is 155 Å². The van der Waals surface area contributed by atoms with E-state index in [4.69, 9.17) is 4.74 Å². The monoisotopic (exact) mass is 371 g/mol. The van der Waals surface area contributed by atoms with Crippen LogP contribution in [0.25, 0.3) is 0 Å². The molecule has 0 bridgehead atoms. The van der Waals surface area contributed by atoms with Gasteiger partial charge in [0.25, 0.3) is 5.91 Å². The summed E-state index contributed by atoms with van der Waals surface area (Å²) in [5, 5.41) is 2.83. The Morgan fingerprint density at radius 2 is 1.78 bits per heavy atom. The molecule has 0 aromatic heterocycles. The summed E-state index contributed by atoms with van der Waals surface area (Å²) < 4.78 is 32.1. The number of hydrogen-bond acceptors (Lipinski definition) is 3. The van der Waals surface area contributed by atoms with Crippen LogP contribution in [-0.4, -0.2) is 25.0 Å². The number of methoxy groups -OCH3 is 1. The van der Waals surface area contributed by atoms with Crippen LogP contribution in [0.5, 0.6) is 0 Å². The van der Waals surface area contributed by atoms with Crippen LogP contribution in [0.1, 0.15) is 28.3 Å². The molecule has 0 aliphatic heterocycles. The molecule has 6 heteroatoms. The highest BCUT2D eigenvalue weighted by Gasteiger charge is 2.35. The van der Waals surface area contributed by atoms with Gasteiger partial charge in [0.05, 0.1) is 13.0 Å². The Hall–Kier alpha value is -3.02. The van der Waals surface area contributed by atoms with Gasteiger partial charge in [-0.2, -0.15) is 0 Å². The number of carbonyl (C=O) groups excluding carboxylic acids is 2. The minimum Gasteiger partial charge on any atom is -0.469 e. The van der Waals surface area contributed by atoms with Crippen molar-refractivity contribution in [2.45, 2.75) is 18.4 Å². The van der Waals surface area contributed by atoms with E-state index in [1.807, 2.05) is 0 Å². The number of carbonyl (C=O) groups is 2. The number of benzene rings is 2. The van der Waals surface area contributed by atoms with Gasteiger partial charge < -0.3 is 10.1 Å². The quantitative estimate of drug-likeness (QED) is 0.645. The Morgan fingerprint density at radius 3 is 2.44 bits per heavy atom. The molecule has 4 nitrogen and oxygen atoms in total. The van der Waals surface area contributed by atoms with Gasteiger partial charge in [-0.05, 0) is 42.7 Å². The SMILES string of the molecule is COC(=O)[C@H](c1ccccc1F)[C@H]1C=C[C@@H](NC(=O)c2ccc(F)cc2)C1. The van der Waals surface area contributed by atoms with E-state index in [-0.39, 0.29) is 23.4 Å². The van der Waals surface area contributed by atoms with E-state index in [0.29, 0.717) is 12.0 Å². The number of esters is 1. The topological polar surface area (TPSA) is 55.4 Å². The van der Waals surface area contributed by atoms with Gasteiger partial charge in [-0.15, -0.1) is 0 Å². The lowest BCUT2D eigenvalue weighted by Gasteiger charge is -2.22. The third kappa shape index (κ3) is 4.22. The van der Waals surface area contributed by atoms with Crippen molar-refractivity contribution in [2.24, 2.45) is 5.92 Å². The summed E-state index contributed by atoms with van der Waals surface area (Å²) >= 11 is 0. The minimum atomic E-state index is -0.792. The van der Waals surface area contributed by atoms with E-state index in [2.05, 4.69) is 5.32 Å². The third-order valence-electron chi connectivity index (χ3n) is 4.66. The largest absolute Gasteiger partial charge is 0.469 e. The lowest BCUT2D eigenvalue weighted by atomic mass is 9.85. The Balaban J connectivity index is 1.72. The molecule has 0 heterocycles. The maximum atomic E-state index is 14.2. The zero-order valence-corrected chi connectivity index (χ0v) is 14.7. The molecule has 140 valence electrons. The van der Waals surface area contributed by atoms with Gasteiger partial charge in [0, 0.05) is 17.2 Å². The first-order valence-corrected chi connectivity index (χ1v) is 8.56. The predicted octanol–water partition coefficient (Wildman–Crippen LogP) is 3.60. The summed E-state index contributed by atoms with van der Waals surface area (Å²) in [5.74, 6) is -2.86. The molecule has 0 saturated carbocycles. The fourth-order valence-electron chi connectivity index (χ4n) is 3.32. The molecule has 2 aromatic rings. The Morgan fingerprint density at radius 1 is 1.07 bits per heavy atom. The average Bonchev–Trinajstić information content (AvgIpc) is 3.11. The molecular weight excluding hydrogens is 352 g/mol. The number of hydrogen-bond donors (Lipinski definition) is 1. The van der Waals surface area contributed by atoms with Crippen LogP contribution in [0.2, 0.25) is 0 Å². The zero-order valence-electron chi connectivity index (χ0n) is 14.7. The summed E-state index contributed by atoms with van der Waals surface area (Å²) in [4.78, 5) is 24.6. The molecule has 0 unspecified atom stereocenters. The van der Waals surface area contributed by atoms with Crippen LogP contribution in [0, 0.1) is 17.6 Å². The molecule has 1 amide bonds. The van der Waals surface area contributed by atoms with Gasteiger partial charge in [0.2, 0.25) is 0 Å². The van der Waals surface area contributed by atoms with Crippen LogP contribution in [0.15, 0.2) is 60.7 Å². The van der Waals surface area contributed by atoms with Crippen LogP contribution in [0.3, 0.4) is 0 Å². The fourth-order valence-corrected chi connectivity index (χ4v) is 3.32. The van der Waals surface area contributed by atoms with Gasteiger partial charge in [-0.3, -0.25) is 9.59 Å². The van der Waals surface area contributed by atoms with Crippen LogP contribution in [-0.2, 0) is 9.53 Å². The highest BCUT2D eigenvalue weighted by molar-refractivity contribution is 5.94. The fraction of sp³-hybridized carbons (Fsp3) is 0.238. The van der Waals surface area contributed by atoms with Crippen molar-refractivity contribution in [3.63, 3.8) is 0 Å². The van der Waals surface area contributed by atoms with Crippen molar-refractivity contribution in [3.05, 3.63) is 83.4 Å². The number of amides is 1. The lowest BCUT2D eigenvalue weighted by Crippen LogP contribution is -2.33. The second-order valence-electron chi connectivity index (χ2n) is 6.39. The van der Waals surface area contributed by atoms with Gasteiger partial charge in [0.15, 0.2) is 0 Å². The van der Waals surface area contributed by atoms with Crippen LogP contribution < -0.4 is 5.32 Å². The van der Waals surface area contributed by atoms with E-state index >= 15 is 0 Å². The molecule has 0 fully saturated rings. The number of halogens is 2. The first-order valence-electron chi connectivity index (χ1n) is 8.56. The van der Waals surface area contributed by atoms with Gasteiger partial charge in [-0.1, -0.05) is 30.4 Å². The molecule has 1 aliphatic carbocycles. The molecule has 3 atom stereocenters. The second-order valence-corrected chi connectivity index (χ2v) is 6.39. The van der Waals surface area contributed by atoms with E-state index in [0.717, 1.165) is 0 Å². The molecule has 1 aliphatic rings. The van der Waals surface area contributed by atoms with Crippen molar-refractivity contribution in [1.29, 1.82) is 0 Å². The van der Waals surface area contributed by atoms with E-state index in [1.54, 1.807) is 30.4 Å². The number of rotatable bonds is 5. The highest BCUT2D eigenvalue weighted by atomic mass is 19.1. The van der Waals surface area contributed by atoms with Crippen LogP contribution in [0.4, 0.5) is 8.78 Å². The van der Waals surface area contributed by atoms with E-state index in [9.17, 15) is 18.4 Å².